The molecule has 1 heterocycles. The van der Waals surface area contributed by atoms with Gasteiger partial charge in [-0.25, -0.2) is 9.48 Å². The van der Waals surface area contributed by atoms with E-state index in [1.165, 1.54) is 38.0 Å². The minimum absolute atomic E-state index is 0.215. The highest BCUT2D eigenvalue weighted by Gasteiger charge is 2.18. The first-order valence-electron chi connectivity index (χ1n) is 7.04. The summed E-state index contributed by atoms with van der Waals surface area (Å²) in [6.45, 7) is 0. The van der Waals surface area contributed by atoms with Gasteiger partial charge in [-0.1, -0.05) is 11.8 Å². The standard InChI is InChI=1S/C17H16N2O3/c1-21-11-16(17(20)22-2)19-15-9-13(6-5-12-3-4-12)7-8-14(15)10-18-19/h7-12H,3-4H2,1-2H3/b16-11-. The number of benzene rings is 1. The fourth-order valence-electron chi connectivity index (χ4n) is 2.10. The maximum atomic E-state index is 11.9. The second-order valence-electron chi connectivity index (χ2n) is 5.10. The van der Waals surface area contributed by atoms with Crippen molar-refractivity contribution < 1.29 is 14.3 Å². The second kappa shape index (κ2) is 5.94. The molecule has 0 N–H and O–H groups in total. The average Bonchev–Trinajstić information content (AvgIpc) is 3.28. The van der Waals surface area contributed by atoms with E-state index in [0.717, 1.165) is 16.5 Å². The summed E-state index contributed by atoms with van der Waals surface area (Å²) in [4.78, 5) is 11.9. The molecule has 0 amide bonds. The van der Waals surface area contributed by atoms with Crippen LogP contribution in [-0.4, -0.2) is 30.0 Å². The van der Waals surface area contributed by atoms with Crippen LogP contribution in [0.25, 0.3) is 16.6 Å². The molecule has 0 atom stereocenters. The van der Waals surface area contributed by atoms with Crippen molar-refractivity contribution in [3.05, 3.63) is 36.2 Å². The lowest BCUT2D eigenvalue weighted by Crippen LogP contribution is -2.12. The van der Waals surface area contributed by atoms with E-state index < -0.39 is 5.97 Å². The van der Waals surface area contributed by atoms with Crippen LogP contribution in [0.4, 0.5) is 0 Å². The Labute approximate surface area is 128 Å². The van der Waals surface area contributed by atoms with E-state index in [9.17, 15) is 4.79 Å². The zero-order valence-corrected chi connectivity index (χ0v) is 12.5. The highest BCUT2D eigenvalue weighted by molar-refractivity contribution is 6.11. The summed E-state index contributed by atoms with van der Waals surface area (Å²) in [5.74, 6) is 6.43. The van der Waals surface area contributed by atoms with Crippen molar-refractivity contribution in [2.45, 2.75) is 12.8 Å². The first-order valence-corrected chi connectivity index (χ1v) is 7.04. The molecule has 0 aliphatic heterocycles. The van der Waals surface area contributed by atoms with Crippen LogP contribution in [0.2, 0.25) is 0 Å². The molecule has 1 aromatic heterocycles. The Morgan fingerprint density at radius 1 is 1.41 bits per heavy atom. The molecule has 0 radical (unpaired) electrons. The highest BCUT2D eigenvalue weighted by Crippen LogP contribution is 2.27. The van der Waals surface area contributed by atoms with E-state index in [1.807, 2.05) is 18.2 Å². The molecule has 0 spiro atoms. The van der Waals surface area contributed by atoms with Gasteiger partial charge in [0.15, 0.2) is 5.70 Å². The van der Waals surface area contributed by atoms with Gasteiger partial charge < -0.3 is 9.47 Å². The van der Waals surface area contributed by atoms with E-state index >= 15 is 0 Å². The average molecular weight is 296 g/mol. The summed E-state index contributed by atoms with van der Waals surface area (Å²) in [5, 5.41) is 5.17. The molecule has 1 aromatic carbocycles. The molecule has 5 heteroatoms. The van der Waals surface area contributed by atoms with Crippen LogP contribution < -0.4 is 0 Å². The Hall–Kier alpha value is -2.74. The van der Waals surface area contributed by atoms with E-state index in [4.69, 9.17) is 9.47 Å². The number of carbonyl (C=O) groups excluding carboxylic acids is 1. The fourth-order valence-corrected chi connectivity index (χ4v) is 2.10. The van der Waals surface area contributed by atoms with Gasteiger partial charge in [0.25, 0.3) is 0 Å². The van der Waals surface area contributed by atoms with Crippen molar-refractivity contribution in [1.29, 1.82) is 0 Å². The van der Waals surface area contributed by atoms with Crippen molar-refractivity contribution in [2.24, 2.45) is 5.92 Å². The number of ether oxygens (including phenoxy) is 2. The number of aromatic nitrogens is 2. The molecule has 1 saturated carbocycles. The number of nitrogens with zero attached hydrogens (tertiary/aromatic N) is 2. The summed E-state index contributed by atoms with van der Waals surface area (Å²) in [6, 6.07) is 5.82. The monoisotopic (exact) mass is 296 g/mol. The SMILES string of the molecule is CO/C=C(/C(=O)OC)n1ncc2ccc(C#CC3CC3)cc21. The summed E-state index contributed by atoms with van der Waals surface area (Å²) in [6.07, 6.45) is 5.40. The largest absolute Gasteiger partial charge is 0.502 e. The Morgan fingerprint density at radius 2 is 2.23 bits per heavy atom. The number of methoxy groups -OCH3 is 2. The van der Waals surface area contributed by atoms with Gasteiger partial charge >= 0.3 is 5.97 Å². The molecule has 2 aromatic rings. The van der Waals surface area contributed by atoms with Gasteiger partial charge in [0, 0.05) is 16.9 Å². The zero-order chi connectivity index (χ0) is 15.5. The maximum absolute atomic E-state index is 11.9. The number of hydrogen-bond acceptors (Lipinski definition) is 4. The van der Waals surface area contributed by atoms with E-state index in [-0.39, 0.29) is 5.70 Å². The first-order chi connectivity index (χ1) is 10.7. The Bertz CT molecular complexity index is 804. The van der Waals surface area contributed by atoms with Crippen LogP contribution in [0.3, 0.4) is 0 Å². The Balaban J connectivity index is 2.05. The quantitative estimate of drug-likeness (QED) is 0.378. The normalized spacial score (nSPS) is 14.4. The summed E-state index contributed by atoms with van der Waals surface area (Å²) < 4.78 is 11.3. The van der Waals surface area contributed by atoms with Crippen LogP contribution in [-0.2, 0) is 14.3 Å². The summed E-state index contributed by atoms with van der Waals surface area (Å²) in [7, 11) is 2.80. The van der Waals surface area contributed by atoms with Crippen LogP contribution in [0.1, 0.15) is 18.4 Å². The van der Waals surface area contributed by atoms with E-state index in [0.29, 0.717) is 5.92 Å². The lowest BCUT2D eigenvalue weighted by molar-refractivity contribution is -0.134. The van der Waals surface area contributed by atoms with Crippen LogP contribution >= 0.6 is 0 Å². The van der Waals surface area contributed by atoms with Gasteiger partial charge in [-0.2, -0.15) is 5.10 Å². The van der Waals surface area contributed by atoms with Crippen molar-refractivity contribution in [1.82, 2.24) is 9.78 Å². The molecular formula is C17H16N2O3. The van der Waals surface area contributed by atoms with Crippen molar-refractivity contribution >= 4 is 22.6 Å². The molecule has 22 heavy (non-hydrogen) atoms. The van der Waals surface area contributed by atoms with Gasteiger partial charge in [-0.05, 0) is 31.0 Å². The smallest absolute Gasteiger partial charge is 0.359 e. The summed E-state index contributed by atoms with van der Waals surface area (Å²) >= 11 is 0. The third-order valence-electron chi connectivity index (χ3n) is 3.42. The predicted molar refractivity (Wildman–Crippen MR) is 82.6 cm³/mol. The topological polar surface area (TPSA) is 53.4 Å². The van der Waals surface area contributed by atoms with Gasteiger partial charge in [-0.3, -0.25) is 0 Å². The Morgan fingerprint density at radius 3 is 2.91 bits per heavy atom. The molecule has 5 nitrogen and oxygen atoms in total. The van der Waals surface area contributed by atoms with Crippen LogP contribution in [0, 0.1) is 17.8 Å². The minimum Gasteiger partial charge on any atom is -0.502 e. The third-order valence-corrected chi connectivity index (χ3v) is 3.42. The predicted octanol–water partition coefficient (Wildman–Crippen LogP) is 2.42. The molecule has 0 saturated heterocycles. The van der Waals surface area contributed by atoms with Gasteiger partial charge in [0.1, 0.15) is 6.26 Å². The molecular weight excluding hydrogens is 280 g/mol. The molecule has 0 bridgehead atoms. The third kappa shape index (κ3) is 2.82. The van der Waals surface area contributed by atoms with Gasteiger partial charge in [0.05, 0.1) is 25.9 Å². The van der Waals surface area contributed by atoms with Crippen molar-refractivity contribution in [2.75, 3.05) is 14.2 Å². The molecule has 1 aliphatic rings. The molecule has 112 valence electrons. The van der Waals surface area contributed by atoms with Gasteiger partial charge in [-0.15, -0.1) is 0 Å². The number of fused-ring (bicyclic) bond motifs is 1. The number of hydrogen-bond donors (Lipinski definition) is 0. The lowest BCUT2D eigenvalue weighted by atomic mass is 10.1. The van der Waals surface area contributed by atoms with Gasteiger partial charge in [0.2, 0.25) is 0 Å². The minimum atomic E-state index is -0.513. The van der Waals surface area contributed by atoms with E-state index in [2.05, 4.69) is 16.9 Å². The van der Waals surface area contributed by atoms with Crippen LogP contribution in [0.15, 0.2) is 30.7 Å². The molecule has 1 fully saturated rings. The number of carbonyl (C=O) groups is 1. The zero-order valence-electron chi connectivity index (χ0n) is 12.5. The maximum Gasteiger partial charge on any atom is 0.359 e. The fraction of sp³-hybridized carbons (Fsp3) is 0.294. The molecule has 3 rings (SSSR count). The molecule has 0 unspecified atom stereocenters. The molecule has 1 aliphatic carbocycles. The first kappa shape index (κ1) is 14.2. The lowest BCUT2D eigenvalue weighted by Gasteiger charge is -2.06. The van der Waals surface area contributed by atoms with E-state index in [1.54, 1.807) is 6.20 Å². The van der Waals surface area contributed by atoms with Crippen molar-refractivity contribution in [3.63, 3.8) is 0 Å². The van der Waals surface area contributed by atoms with Crippen LogP contribution in [0.5, 0.6) is 0 Å². The Kier molecular flexibility index (Phi) is 3.84. The highest BCUT2D eigenvalue weighted by atomic mass is 16.5. The second-order valence-corrected chi connectivity index (χ2v) is 5.10. The number of esters is 1. The summed E-state index contributed by atoms with van der Waals surface area (Å²) in [5.41, 5.74) is 1.91. The van der Waals surface area contributed by atoms with Crippen molar-refractivity contribution in [3.8, 4) is 11.8 Å². The number of rotatable bonds is 3.